The normalized spacial score (nSPS) is 12.4. The van der Waals surface area contributed by atoms with Crippen molar-refractivity contribution in [2.75, 3.05) is 9.80 Å². The number of halogens is 1. The summed E-state index contributed by atoms with van der Waals surface area (Å²) in [5.41, 5.74) is 7.67. The van der Waals surface area contributed by atoms with E-state index in [-0.39, 0.29) is 17.2 Å². The number of nitriles is 2. The zero-order valence-corrected chi connectivity index (χ0v) is 21.4. The first kappa shape index (κ1) is 22.9. The summed E-state index contributed by atoms with van der Waals surface area (Å²) < 4.78 is 16.0. The van der Waals surface area contributed by atoms with Crippen LogP contribution in [0.25, 0.3) is 33.3 Å². The Morgan fingerprint density at radius 1 is 0.512 bits per heavy atom. The van der Waals surface area contributed by atoms with Crippen molar-refractivity contribution in [2.24, 2.45) is 0 Å². The van der Waals surface area contributed by atoms with E-state index in [0.717, 1.165) is 28.4 Å². The number of para-hydroxylation sites is 5. The van der Waals surface area contributed by atoms with E-state index in [1.807, 2.05) is 78.9 Å². The van der Waals surface area contributed by atoms with E-state index in [2.05, 4.69) is 44.0 Å². The Hall–Kier alpha value is -6.05. The van der Waals surface area contributed by atoms with Crippen molar-refractivity contribution in [1.29, 1.82) is 10.5 Å². The molecule has 0 radical (unpaired) electrons. The van der Waals surface area contributed by atoms with Crippen LogP contribution in [0, 0.1) is 28.5 Å². The number of benzene rings is 5. The monoisotopic (exact) mass is 528 g/mol. The summed E-state index contributed by atoms with van der Waals surface area (Å²) in [7, 11) is 0. The zero-order chi connectivity index (χ0) is 27.7. The molecule has 0 saturated heterocycles. The molecule has 0 fully saturated rings. The van der Waals surface area contributed by atoms with Crippen molar-refractivity contribution >= 4 is 44.9 Å². The van der Waals surface area contributed by atoms with Crippen LogP contribution >= 0.6 is 0 Å². The summed E-state index contributed by atoms with van der Waals surface area (Å²) in [5.74, 6) is -0.380. The lowest BCUT2D eigenvalue weighted by Gasteiger charge is -2.40. The summed E-state index contributed by atoms with van der Waals surface area (Å²) in [6.07, 6.45) is 0. The highest BCUT2D eigenvalue weighted by Crippen LogP contribution is 2.57. The van der Waals surface area contributed by atoms with Crippen LogP contribution < -0.4 is 9.80 Å². The minimum atomic E-state index is -0.380. The highest BCUT2D eigenvalue weighted by Gasteiger charge is 2.34. The summed E-state index contributed by atoms with van der Waals surface area (Å²) in [6.45, 7) is 0. The lowest BCUT2D eigenvalue weighted by atomic mass is 9.98. The van der Waals surface area contributed by atoms with Crippen molar-refractivity contribution in [3.8, 4) is 34.7 Å². The Kier molecular flexibility index (Phi) is 4.73. The summed E-state index contributed by atoms with van der Waals surface area (Å²) in [4.78, 5) is 13.3. The van der Waals surface area contributed by atoms with Crippen LogP contribution in [-0.2, 0) is 0 Å². The van der Waals surface area contributed by atoms with Crippen LogP contribution in [0.2, 0.25) is 0 Å². The molecular weight excluding hydrogens is 511 g/mol. The van der Waals surface area contributed by atoms with Crippen molar-refractivity contribution in [2.45, 2.75) is 0 Å². The van der Waals surface area contributed by atoms with Gasteiger partial charge in [-0.1, -0.05) is 42.5 Å². The molecule has 6 aromatic rings. The summed E-state index contributed by atoms with van der Waals surface area (Å²) >= 11 is 0. The van der Waals surface area contributed by atoms with Gasteiger partial charge in [-0.05, 0) is 60.7 Å². The predicted molar refractivity (Wildman–Crippen MR) is 156 cm³/mol. The smallest absolute Gasteiger partial charge is 0.177 e. The molecule has 2 heterocycles. The average Bonchev–Trinajstić information content (AvgIpc) is 3.34. The largest absolute Gasteiger partial charge is 0.306 e. The fraction of sp³-hybridized carbons (Fsp3) is 0. The molecule has 1 aromatic heterocycles. The predicted octanol–water partition coefficient (Wildman–Crippen LogP) is 8.41. The molecule has 190 valence electrons. The van der Waals surface area contributed by atoms with Crippen LogP contribution in [-0.4, -0.2) is 9.97 Å². The zero-order valence-electron chi connectivity index (χ0n) is 21.4. The Morgan fingerprint density at radius 2 is 1.00 bits per heavy atom. The minimum Gasteiger partial charge on any atom is -0.306 e. The van der Waals surface area contributed by atoms with E-state index in [0.29, 0.717) is 39.0 Å². The number of nitrogens with zero attached hydrogens (tertiary/aromatic N) is 6. The lowest BCUT2D eigenvalue weighted by molar-refractivity contribution is 0.640. The molecule has 0 N–H and O–H groups in total. The standard InChI is InChI=1S/C34H17FN6/c35-23-16-14-21-31-22(34-33(21)38-24(18-36)25(19-37)39-34)15-17-30(32(23)31)41-28-12-6-4-10-26(28)40(20-8-2-1-3-9-20)27-11-5-7-13-29(27)41/h1-17H. The van der Waals surface area contributed by atoms with Crippen LogP contribution in [0.5, 0.6) is 0 Å². The second-order valence-corrected chi connectivity index (χ2v) is 9.80. The molecular formula is C34H17FN6. The van der Waals surface area contributed by atoms with Crippen LogP contribution in [0.4, 0.5) is 38.5 Å². The first-order valence-electron chi connectivity index (χ1n) is 13.0. The maximum absolute atomic E-state index is 16.0. The molecule has 7 heteroatoms. The van der Waals surface area contributed by atoms with Crippen molar-refractivity contribution in [3.05, 3.63) is 120 Å². The lowest BCUT2D eigenvalue weighted by Crippen LogP contribution is -2.24. The van der Waals surface area contributed by atoms with Gasteiger partial charge in [0.25, 0.3) is 0 Å². The average molecular weight is 529 g/mol. The Morgan fingerprint density at radius 3 is 1.54 bits per heavy atom. The molecule has 5 aromatic carbocycles. The van der Waals surface area contributed by atoms with E-state index in [1.54, 1.807) is 6.07 Å². The quantitative estimate of drug-likeness (QED) is 0.224. The first-order chi connectivity index (χ1) is 20.2. The number of fused-ring (bicyclic) bond motifs is 5. The number of hydrogen-bond acceptors (Lipinski definition) is 6. The number of aromatic nitrogens is 2. The van der Waals surface area contributed by atoms with Gasteiger partial charge in [0.05, 0.1) is 39.8 Å². The Balaban J connectivity index is 1.43. The second-order valence-electron chi connectivity index (χ2n) is 9.80. The molecule has 0 bridgehead atoms. The third-order valence-corrected chi connectivity index (χ3v) is 7.69. The van der Waals surface area contributed by atoms with Crippen LogP contribution in [0.15, 0.2) is 103 Å². The molecule has 1 aliphatic heterocycles. The first-order valence-corrected chi connectivity index (χ1v) is 13.0. The number of hydrogen-bond donors (Lipinski definition) is 0. The maximum atomic E-state index is 16.0. The van der Waals surface area contributed by atoms with Crippen molar-refractivity contribution < 1.29 is 4.39 Å². The van der Waals surface area contributed by atoms with E-state index < -0.39 is 0 Å². The SMILES string of the molecule is N#Cc1nc2c(nc1C#N)-c1ccc(N3c4ccccc4N(c4ccccc4)c4ccccc43)c3c(F)ccc-2c13. The Labute approximate surface area is 234 Å². The number of anilines is 6. The van der Waals surface area contributed by atoms with Gasteiger partial charge < -0.3 is 9.80 Å². The molecule has 0 spiro atoms. The minimum absolute atomic E-state index is 0.0448. The molecule has 8 rings (SSSR count). The third-order valence-electron chi connectivity index (χ3n) is 7.69. The maximum Gasteiger partial charge on any atom is 0.177 e. The van der Waals surface area contributed by atoms with Gasteiger partial charge in [0.2, 0.25) is 0 Å². The van der Waals surface area contributed by atoms with Gasteiger partial charge in [-0.15, -0.1) is 0 Å². The van der Waals surface area contributed by atoms with Crippen molar-refractivity contribution in [3.63, 3.8) is 0 Å². The van der Waals surface area contributed by atoms with Gasteiger partial charge in [0.15, 0.2) is 11.4 Å². The summed E-state index contributed by atoms with van der Waals surface area (Å²) in [5, 5.41) is 20.2. The van der Waals surface area contributed by atoms with E-state index in [4.69, 9.17) is 0 Å². The van der Waals surface area contributed by atoms with Gasteiger partial charge in [0, 0.05) is 27.6 Å². The van der Waals surface area contributed by atoms with E-state index in [9.17, 15) is 10.5 Å². The highest BCUT2D eigenvalue weighted by molar-refractivity contribution is 6.19. The van der Waals surface area contributed by atoms with Gasteiger partial charge in [-0.25, -0.2) is 14.4 Å². The van der Waals surface area contributed by atoms with Crippen molar-refractivity contribution in [1.82, 2.24) is 9.97 Å². The fourth-order valence-electron chi connectivity index (χ4n) is 6.04. The number of rotatable bonds is 2. The molecule has 0 atom stereocenters. The van der Waals surface area contributed by atoms with Gasteiger partial charge in [0.1, 0.15) is 18.0 Å². The molecule has 0 amide bonds. The van der Waals surface area contributed by atoms with Gasteiger partial charge >= 0.3 is 0 Å². The molecule has 0 unspecified atom stereocenters. The fourth-order valence-corrected chi connectivity index (χ4v) is 6.04. The molecule has 2 aliphatic rings. The summed E-state index contributed by atoms with van der Waals surface area (Å²) in [6, 6.07) is 37.2. The Bertz CT molecular complexity index is 2070. The van der Waals surface area contributed by atoms with Gasteiger partial charge in [-0.2, -0.15) is 10.5 Å². The van der Waals surface area contributed by atoms with E-state index in [1.165, 1.54) is 6.07 Å². The molecule has 6 nitrogen and oxygen atoms in total. The molecule has 0 saturated carbocycles. The highest BCUT2D eigenvalue weighted by atomic mass is 19.1. The molecule has 41 heavy (non-hydrogen) atoms. The van der Waals surface area contributed by atoms with Crippen LogP contribution in [0.1, 0.15) is 11.4 Å². The topological polar surface area (TPSA) is 79.8 Å². The molecule has 1 aliphatic carbocycles. The van der Waals surface area contributed by atoms with Crippen LogP contribution in [0.3, 0.4) is 0 Å². The van der Waals surface area contributed by atoms with E-state index >= 15 is 4.39 Å². The second kappa shape index (κ2) is 8.47. The third kappa shape index (κ3) is 3.09. The van der Waals surface area contributed by atoms with Gasteiger partial charge in [-0.3, -0.25) is 0 Å².